The summed E-state index contributed by atoms with van der Waals surface area (Å²) < 4.78 is 54.3. The molecule has 4 rings (SSSR count). The molecule has 1 atom stereocenters. The van der Waals surface area contributed by atoms with E-state index < -0.39 is 28.0 Å². The number of aromatic nitrogens is 1. The van der Waals surface area contributed by atoms with Crippen molar-refractivity contribution in [3.8, 4) is 11.4 Å². The van der Waals surface area contributed by atoms with Gasteiger partial charge in [-0.15, -0.1) is 0 Å². The van der Waals surface area contributed by atoms with Gasteiger partial charge in [-0.2, -0.15) is 0 Å². The van der Waals surface area contributed by atoms with Gasteiger partial charge in [-0.25, -0.2) is 17.6 Å². The summed E-state index contributed by atoms with van der Waals surface area (Å²) in [6, 6.07) is 12.8. The van der Waals surface area contributed by atoms with Crippen molar-refractivity contribution in [2.45, 2.75) is 31.2 Å². The lowest BCUT2D eigenvalue weighted by Crippen LogP contribution is -2.39. The van der Waals surface area contributed by atoms with Crippen molar-refractivity contribution in [2.24, 2.45) is 0 Å². The van der Waals surface area contributed by atoms with Crippen molar-refractivity contribution < 1.29 is 27.1 Å². The maximum atomic E-state index is 14.1. The smallest absolute Gasteiger partial charge is 0.434 e. The number of ether oxygens (including phenoxy) is 2. The lowest BCUT2D eigenvalue weighted by Gasteiger charge is -2.38. The second-order valence-electron chi connectivity index (χ2n) is 6.92. The Morgan fingerprint density at radius 1 is 1.06 bits per heavy atom. The first-order valence-electron chi connectivity index (χ1n) is 9.83. The molecule has 0 bridgehead atoms. The first-order valence-corrected chi connectivity index (χ1v) is 11.3. The molecule has 0 saturated carbocycles. The highest BCUT2D eigenvalue weighted by molar-refractivity contribution is 7.92. The number of halogens is 1. The number of benzene rings is 2. The first-order chi connectivity index (χ1) is 14.9. The molecule has 0 saturated heterocycles. The Morgan fingerprint density at radius 2 is 1.81 bits per heavy atom. The Hall–Kier alpha value is -3.33. The highest BCUT2D eigenvalue weighted by atomic mass is 32.2. The SMILES string of the molecule is CCOC(=O)Oc1ccc(S(=O)(=O)N2c3cc(F)ccc3-n3cccc3[C@H]2CC)cc1. The van der Waals surface area contributed by atoms with Crippen LogP contribution < -0.4 is 9.04 Å². The molecule has 2 heterocycles. The fourth-order valence-electron chi connectivity index (χ4n) is 3.76. The summed E-state index contributed by atoms with van der Waals surface area (Å²) in [6.45, 7) is 3.69. The largest absolute Gasteiger partial charge is 0.513 e. The molecule has 0 aliphatic carbocycles. The Kier molecular flexibility index (Phi) is 5.45. The highest BCUT2D eigenvalue weighted by Gasteiger charge is 2.38. The summed E-state index contributed by atoms with van der Waals surface area (Å²) in [5.41, 5.74) is 1.65. The van der Waals surface area contributed by atoms with E-state index in [1.807, 2.05) is 29.8 Å². The normalized spacial score (nSPS) is 15.2. The number of nitrogens with zero attached hydrogens (tertiary/aromatic N) is 2. The van der Waals surface area contributed by atoms with Crippen LogP contribution in [0.15, 0.2) is 65.7 Å². The minimum atomic E-state index is -4.05. The molecule has 0 spiro atoms. The van der Waals surface area contributed by atoms with Crippen molar-refractivity contribution in [1.29, 1.82) is 0 Å². The van der Waals surface area contributed by atoms with Crippen LogP contribution in [0.2, 0.25) is 0 Å². The fraction of sp³-hybridized carbons (Fsp3) is 0.227. The molecular weight excluding hydrogens is 423 g/mol. The number of fused-ring (bicyclic) bond motifs is 3. The Bertz CT molecular complexity index is 1220. The first kappa shape index (κ1) is 20.9. The number of carbonyl (C=O) groups excluding carboxylic acids is 1. The standard InChI is InChI=1S/C22H21FN2O5S/c1-3-18-19-6-5-13-24(19)20-12-7-15(23)14-21(20)25(18)31(27,28)17-10-8-16(9-11-17)30-22(26)29-4-2/h5-14,18H,3-4H2,1-2H3/t18-/m1/s1. The van der Waals surface area contributed by atoms with Crippen LogP contribution in [0.25, 0.3) is 5.69 Å². The molecule has 2 aromatic carbocycles. The van der Waals surface area contributed by atoms with Crippen LogP contribution in [0.5, 0.6) is 5.75 Å². The molecule has 0 amide bonds. The van der Waals surface area contributed by atoms with Crippen LogP contribution in [-0.2, 0) is 14.8 Å². The van der Waals surface area contributed by atoms with Crippen molar-refractivity contribution in [3.63, 3.8) is 0 Å². The number of sulfonamides is 1. The zero-order valence-corrected chi connectivity index (χ0v) is 17.8. The number of anilines is 1. The van der Waals surface area contributed by atoms with E-state index in [9.17, 15) is 17.6 Å². The van der Waals surface area contributed by atoms with Crippen molar-refractivity contribution in [3.05, 3.63) is 72.3 Å². The van der Waals surface area contributed by atoms with Crippen LogP contribution in [0.3, 0.4) is 0 Å². The average Bonchev–Trinajstić information content (AvgIpc) is 3.22. The van der Waals surface area contributed by atoms with Gasteiger partial charge in [0.2, 0.25) is 0 Å². The van der Waals surface area contributed by atoms with Gasteiger partial charge in [0.1, 0.15) is 11.6 Å². The summed E-state index contributed by atoms with van der Waals surface area (Å²) in [4.78, 5) is 11.5. The molecule has 0 unspecified atom stereocenters. The Morgan fingerprint density at radius 3 is 2.48 bits per heavy atom. The van der Waals surface area contributed by atoms with E-state index in [1.54, 1.807) is 13.0 Å². The quantitative estimate of drug-likeness (QED) is 0.417. The second-order valence-corrected chi connectivity index (χ2v) is 8.73. The van der Waals surface area contributed by atoms with Crippen LogP contribution in [-0.4, -0.2) is 25.7 Å². The monoisotopic (exact) mass is 444 g/mol. The maximum Gasteiger partial charge on any atom is 0.513 e. The summed E-state index contributed by atoms with van der Waals surface area (Å²) in [7, 11) is -4.05. The summed E-state index contributed by atoms with van der Waals surface area (Å²) in [6.07, 6.45) is 1.45. The van der Waals surface area contributed by atoms with Gasteiger partial charge in [-0.3, -0.25) is 4.31 Å². The highest BCUT2D eigenvalue weighted by Crippen LogP contribution is 2.44. The second kappa shape index (κ2) is 8.07. The minimum absolute atomic E-state index is 0.00243. The Balaban J connectivity index is 1.77. The molecule has 0 fully saturated rings. The van der Waals surface area contributed by atoms with Crippen molar-refractivity contribution >= 4 is 21.9 Å². The topological polar surface area (TPSA) is 77.8 Å². The average molecular weight is 444 g/mol. The van der Waals surface area contributed by atoms with Gasteiger partial charge in [0.15, 0.2) is 0 Å². The summed E-state index contributed by atoms with van der Waals surface area (Å²) >= 11 is 0. The van der Waals surface area contributed by atoms with E-state index in [-0.39, 0.29) is 22.9 Å². The molecular formula is C22H21FN2O5S. The van der Waals surface area contributed by atoms with Gasteiger partial charge in [-0.1, -0.05) is 6.92 Å². The third kappa shape index (κ3) is 3.65. The minimum Gasteiger partial charge on any atom is -0.434 e. The maximum absolute atomic E-state index is 14.1. The predicted octanol–water partition coefficient (Wildman–Crippen LogP) is 4.81. The van der Waals surface area contributed by atoms with Crippen LogP contribution in [0.4, 0.5) is 14.9 Å². The van der Waals surface area contributed by atoms with E-state index >= 15 is 0 Å². The zero-order valence-electron chi connectivity index (χ0n) is 17.0. The van der Waals surface area contributed by atoms with E-state index in [0.29, 0.717) is 12.1 Å². The van der Waals surface area contributed by atoms with Gasteiger partial charge in [-0.05, 0) is 61.9 Å². The predicted molar refractivity (Wildman–Crippen MR) is 113 cm³/mol. The van der Waals surface area contributed by atoms with E-state index in [2.05, 4.69) is 0 Å². The van der Waals surface area contributed by atoms with E-state index in [0.717, 1.165) is 5.69 Å². The van der Waals surface area contributed by atoms with E-state index in [4.69, 9.17) is 9.47 Å². The molecule has 7 nitrogen and oxygen atoms in total. The molecule has 1 aliphatic rings. The van der Waals surface area contributed by atoms with Gasteiger partial charge in [0.25, 0.3) is 10.0 Å². The van der Waals surface area contributed by atoms with Gasteiger partial charge < -0.3 is 14.0 Å². The number of hydrogen-bond acceptors (Lipinski definition) is 5. The molecule has 9 heteroatoms. The third-order valence-electron chi connectivity index (χ3n) is 5.07. The lowest BCUT2D eigenvalue weighted by atomic mass is 10.1. The summed E-state index contributed by atoms with van der Waals surface area (Å²) in [5, 5.41) is 0. The number of carbonyl (C=O) groups is 1. The Labute approximate surface area is 179 Å². The lowest BCUT2D eigenvalue weighted by molar-refractivity contribution is 0.104. The van der Waals surface area contributed by atoms with Crippen molar-refractivity contribution in [1.82, 2.24) is 4.57 Å². The van der Waals surface area contributed by atoms with Gasteiger partial charge in [0, 0.05) is 18.0 Å². The van der Waals surface area contributed by atoms with Gasteiger partial charge in [0.05, 0.1) is 28.9 Å². The molecule has 1 aliphatic heterocycles. The molecule has 0 N–H and O–H groups in total. The van der Waals surface area contributed by atoms with E-state index in [1.165, 1.54) is 40.7 Å². The number of hydrogen-bond donors (Lipinski definition) is 0. The third-order valence-corrected chi connectivity index (χ3v) is 6.91. The molecule has 0 radical (unpaired) electrons. The molecule has 162 valence electrons. The molecule has 3 aromatic rings. The fourth-order valence-corrected chi connectivity index (χ4v) is 5.46. The van der Waals surface area contributed by atoms with Crippen LogP contribution in [0, 0.1) is 5.82 Å². The zero-order chi connectivity index (χ0) is 22.2. The summed E-state index contributed by atoms with van der Waals surface area (Å²) in [5.74, 6) is -0.369. The molecule has 1 aromatic heterocycles. The number of rotatable bonds is 5. The van der Waals surface area contributed by atoms with Crippen LogP contribution >= 0.6 is 0 Å². The molecule has 31 heavy (non-hydrogen) atoms. The van der Waals surface area contributed by atoms with Crippen molar-refractivity contribution in [2.75, 3.05) is 10.9 Å². The van der Waals surface area contributed by atoms with Crippen LogP contribution in [0.1, 0.15) is 32.0 Å². The van der Waals surface area contributed by atoms with Gasteiger partial charge >= 0.3 is 6.16 Å².